The summed E-state index contributed by atoms with van der Waals surface area (Å²) in [7, 11) is 0. The first-order valence-electron chi connectivity index (χ1n) is 17.6. The van der Waals surface area contributed by atoms with Crippen molar-refractivity contribution in [1.82, 2.24) is 9.97 Å². The molecule has 3 nitrogen and oxygen atoms in total. The number of fused-ring (bicyclic) bond motifs is 5. The van der Waals surface area contributed by atoms with Gasteiger partial charge in [-0.05, 0) is 81.6 Å². The molecule has 1 saturated carbocycles. The molecule has 0 N–H and O–H groups in total. The van der Waals surface area contributed by atoms with Crippen LogP contribution in [0.1, 0.15) is 48.8 Å². The number of nitriles is 1. The van der Waals surface area contributed by atoms with Gasteiger partial charge >= 0.3 is 0 Å². The number of benzene rings is 6. The zero-order valence-electron chi connectivity index (χ0n) is 27.8. The molecule has 0 saturated heterocycles. The molecule has 0 amide bonds. The zero-order valence-corrected chi connectivity index (χ0v) is 27.8. The van der Waals surface area contributed by atoms with Crippen molar-refractivity contribution in [1.29, 1.82) is 5.26 Å². The summed E-state index contributed by atoms with van der Waals surface area (Å²) in [6.45, 7) is 0. The van der Waals surface area contributed by atoms with Crippen LogP contribution in [0.2, 0.25) is 0 Å². The van der Waals surface area contributed by atoms with Gasteiger partial charge in [0.15, 0.2) is 5.82 Å². The van der Waals surface area contributed by atoms with E-state index >= 15 is 0 Å². The molecular weight excluding hydrogens is 607 g/mol. The third kappa shape index (κ3) is 5.21. The standard InChI is InChI=1S/C47H35N3/c48-31-32-14-24-40-41-25-23-39(29-43(41)47(42(40)28-32)26-8-3-9-27-47)35-17-15-33(16-18-35)34-19-21-37(22-20-34)45-30-44(36-10-4-1-5-11-36)49-46(50-45)38-12-6-2-7-13-38/h1-2,4-7,10-25,28-30H,3,8-9,26-27H2. The molecule has 1 fully saturated rings. The van der Waals surface area contributed by atoms with Gasteiger partial charge in [0.25, 0.3) is 0 Å². The second-order valence-corrected chi connectivity index (χ2v) is 13.6. The molecule has 0 bridgehead atoms. The predicted molar refractivity (Wildman–Crippen MR) is 203 cm³/mol. The summed E-state index contributed by atoms with van der Waals surface area (Å²) in [5.41, 5.74) is 16.0. The third-order valence-corrected chi connectivity index (χ3v) is 10.8. The number of hydrogen-bond acceptors (Lipinski definition) is 3. The molecule has 3 heteroatoms. The van der Waals surface area contributed by atoms with Crippen LogP contribution in [0.3, 0.4) is 0 Å². The highest BCUT2D eigenvalue weighted by atomic mass is 14.9. The first kappa shape index (κ1) is 30.0. The second kappa shape index (κ2) is 12.4. The molecule has 0 radical (unpaired) electrons. The van der Waals surface area contributed by atoms with Gasteiger partial charge in [0.2, 0.25) is 0 Å². The Morgan fingerprint density at radius 1 is 0.440 bits per heavy atom. The Balaban J connectivity index is 1.02. The highest BCUT2D eigenvalue weighted by Gasteiger charge is 2.44. The van der Waals surface area contributed by atoms with Crippen LogP contribution < -0.4 is 0 Å². The van der Waals surface area contributed by atoms with E-state index in [2.05, 4.69) is 115 Å². The summed E-state index contributed by atoms with van der Waals surface area (Å²) in [6, 6.07) is 55.9. The maximum absolute atomic E-state index is 9.68. The SMILES string of the molecule is N#Cc1ccc2c(c1)C1(CCCCC1)c1cc(-c3ccc(-c4ccc(-c5cc(-c6ccccc6)nc(-c6ccccc6)n5)cc4)cc3)ccc1-2. The molecule has 1 heterocycles. The minimum Gasteiger partial charge on any atom is -0.228 e. The molecule has 0 unspecified atom stereocenters. The Bertz CT molecular complexity index is 2320. The van der Waals surface area contributed by atoms with Crippen molar-refractivity contribution in [2.75, 3.05) is 0 Å². The first-order valence-corrected chi connectivity index (χ1v) is 17.6. The van der Waals surface area contributed by atoms with E-state index in [0.717, 1.165) is 52.3 Å². The van der Waals surface area contributed by atoms with Gasteiger partial charge in [-0.2, -0.15) is 5.26 Å². The number of hydrogen-bond donors (Lipinski definition) is 0. The van der Waals surface area contributed by atoms with Crippen LogP contribution in [-0.4, -0.2) is 9.97 Å². The molecule has 1 aromatic heterocycles. The molecule has 0 aliphatic heterocycles. The summed E-state index contributed by atoms with van der Waals surface area (Å²) < 4.78 is 0. The molecule has 2 aliphatic rings. The number of nitrogens with zero attached hydrogens (tertiary/aromatic N) is 3. The predicted octanol–water partition coefficient (Wildman–Crippen LogP) is 11.9. The van der Waals surface area contributed by atoms with Gasteiger partial charge in [0.1, 0.15) is 0 Å². The molecule has 7 aromatic rings. The lowest BCUT2D eigenvalue weighted by molar-refractivity contribution is 0.353. The van der Waals surface area contributed by atoms with Crippen LogP contribution in [0.5, 0.6) is 0 Å². The van der Waals surface area contributed by atoms with E-state index in [0.29, 0.717) is 0 Å². The summed E-state index contributed by atoms with van der Waals surface area (Å²) in [5, 5.41) is 9.68. The van der Waals surface area contributed by atoms with Crippen LogP contribution in [0.25, 0.3) is 67.3 Å². The van der Waals surface area contributed by atoms with E-state index in [-0.39, 0.29) is 5.41 Å². The van der Waals surface area contributed by atoms with Crippen molar-refractivity contribution in [2.45, 2.75) is 37.5 Å². The van der Waals surface area contributed by atoms with Gasteiger partial charge in [0.05, 0.1) is 23.0 Å². The molecule has 50 heavy (non-hydrogen) atoms. The third-order valence-electron chi connectivity index (χ3n) is 10.8. The van der Waals surface area contributed by atoms with Crippen LogP contribution >= 0.6 is 0 Å². The van der Waals surface area contributed by atoms with Crippen LogP contribution in [-0.2, 0) is 5.41 Å². The van der Waals surface area contributed by atoms with Gasteiger partial charge in [0, 0.05) is 22.1 Å². The van der Waals surface area contributed by atoms with Crippen LogP contribution in [0.4, 0.5) is 0 Å². The Morgan fingerprint density at radius 3 is 1.52 bits per heavy atom. The first-order chi connectivity index (χ1) is 24.7. The normalized spacial score (nSPS) is 14.1. The molecule has 238 valence electrons. The van der Waals surface area contributed by atoms with Crippen molar-refractivity contribution in [3.63, 3.8) is 0 Å². The van der Waals surface area contributed by atoms with Crippen molar-refractivity contribution in [3.05, 3.63) is 168 Å². The van der Waals surface area contributed by atoms with Crippen LogP contribution in [0.15, 0.2) is 152 Å². The topological polar surface area (TPSA) is 49.6 Å². The summed E-state index contributed by atoms with van der Waals surface area (Å²) in [6.07, 6.45) is 6.04. The van der Waals surface area contributed by atoms with Crippen molar-refractivity contribution in [2.24, 2.45) is 0 Å². The Labute approximate surface area is 293 Å². The molecule has 9 rings (SSSR count). The van der Waals surface area contributed by atoms with Gasteiger partial charge in [-0.1, -0.05) is 147 Å². The monoisotopic (exact) mass is 641 g/mol. The lowest BCUT2D eigenvalue weighted by Crippen LogP contribution is -2.28. The fourth-order valence-electron chi connectivity index (χ4n) is 8.20. The van der Waals surface area contributed by atoms with E-state index in [4.69, 9.17) is 9.97 Å². The van der Waals surface area contributed by atoms with Crippen molar-refractivity contribution < 1.29 is 0 Å². The van der Waals surface area contributed by atoms with E-state index in [1.54, 1.807) is 0 Å². The summed E-state index contributed by atoms with van der Waals surface area (Å²) in [4.78, 5) is 9.94. The van der Waals surface area contributed by atoms with E-state index in [9.17, 15) is 5.26 Å². The van der Waals surface area contributed by atoms with Crippen molar-refractivity contribution >= 4 is 0 Å². The van der Waals surface area contributed by atoms with Crippen LogP contribution in [0, 0.1) is 11.3 Å². The smallest absolute Gasteiger partial charge is 0.160 e. The molecule has 1 spiro atoms. The van der Waals surface area contributed by atoms with E-state index < -0.39 is 0 Å². The lowest BCUT2D eigenvalue weighted by Gasteiger charge is -2.36. The number of aromatic nitrogens is 2. The van der Waals surface area contributed by atoms with Crippen molar-refractivity contribution in [3.8, 4) is 73.4 Å². The summed E-state index contributed by atoms with van der Waals surface area (Å²) >= 11 is 0. The molecule has 0 atom stereocenters. The zero-order chi connectivity index (χ0) is 33.5. The fourth-order valence-corrected chi connectivity index (χ4v) is 8.20. The average Bonchev–Trinajstić information content (AvgIpc) is 3.46. The quantitative estimate of drug-likeness (QED) is 0.188. The maximum Gasteiger partial charge on any atom is 0.160 e. The Hall–Kier alpha value is -6.11. The van der Waals surface area contributed by atoms with E-state index in [1.165, 1.54) is 63.8 Å². The molecular formula is C47H35N3. The van der Waals surface area contributed by atoms with Gasteiger partial charge in [-0.25, -0.2) is 9.97 Å². The van der Waals surface area contributed by atoms with Gasteiger partial charge in [-0.15, -0.1) is 0 Å². The Morgan fingerprint density at radius 2 is 0.920 bits per heavy atom. The lowest BCUT2D eigenvalue weighted by atomic mass is 9.67. The average molecular weight is 642 g/mol. The largest absolute Gasteiger partial charge is 0.228 e. The number of rotatable bonds is 5. The minimum atomic E-state index is 0.0147. The van der Waals surface area contributed by atoms with Gasteiger partial charge < -0.3 is 0 Å². The highest BCUT2D eigenvalue weighted by molar-refractivity contribution is 5.85. The second-order valence-electron chi connectivity index (χ2n) is 13.6. The highest BCUT2D eigenvalue weighted by Crippen LogP contribution is 2.56. The maximum atomic E-state index is 9.68. The van der Waals surface area contributed by atoms with Gasteiger partial charge in [-0.3, -0.25) is 0 Å². The fraction of sp³-hybridized carbons (Fsp3) is 0.128. The minimum absolute atomic E-state index is 0.0147. The van der Waals surface area contributed by atoms with E-state index in [1.807, 2.05) is 42.5 Å². The Kier molecular flexibility index (Phi) is 7.44. The molecule has 6 aromatic carbocycles. The summed E-state index contributed by atoms with van der Waals surface area (Å²) in [5.74, 6) is 0.721. The molecule has 2 aliphatic carbocycles.